The Morgan fingerprint density at radius 3 is 3.08 bits per heavy atom. The number of hydrogen-bond donors (Lipinski definition) is 2. The minimum atomic E-state index is -0.661. The molecule has 0 spiro atoms. The van der Waals surface area contributed by atoms with Crippen LogP contribution in [0, 0.1) is 0 Å². The van der Waals surface area contributed by atoms with E-state index in [9.17, 15) is 19.1 Å². The number of nitrogens with zero attached hydrogens (tertiary/aromatic N) is 3. The number of thiazole rings is 1. The Morgan fingerprint density at radius 2 is 2.24 bits per heavy atom. The number of pyridine rings is 1. The molecule has 0 aromatic carbocycles. The van der Waals surface area contributed by atoms with Crippen molar-refractivity contribution < 1.29 is 14.3 Å². The first-order valence-corrected chi connectivity index (χ1v) is 8.21. The predicted octanol–water partition coefficient (Wildman–Crippen LogP) is 2.37. The lowest BCUT2D eigenvalue weighted by Gasteiger charge is -2.05. The summed E-state index contributed by atoms with van der Waals surface area (Å²) >= 11 is 1.15. The van der Waals surface area contributed by atoms with Crippen LogP contribution >= 0.6 is 11.3 Å². The summed E-state index contributed by atoms with van der Waals surface area (Å²) in [5.41, 5.74) is -0.00184. The van der Waals surface area contributed by atoms with E-state index in [4.69, 9.17) is 0 Å². The van der Waals surface area contributed by atoms with Crippen LogP contribution in [-0.2, 0) is 6.42 Å². The molecule has 126 valence electrons. The third kappa shape index (κ3) is 2.68. The van der Waals surface area contributed by atoms with Gasteiger partial charge in [-0.1, -0.05) is 11.3 Å². The molecule has 0 unspecified atom stereocenters. The van der Waals surface area contributed by atoms with Crippen molar-refractivity contribution in [3.05, 3.63) is 56.8 Å². The van der Waals surface area contributed by atoms with E-state index in [2.05, 4.69) is 15.3 Å². The van der Waals surface area contributed by atoms with Crippen LogP contribution in [-0.4, -0.2) is 25.4 Å². The van der Waals surface area contributed by atoms with Crippen LogP contribution in [0.25, 0.3) is 11.7 Å². The zero-order valence-corrected chi connectivity index (χ0v) is 13.5. The first-order valence-electron chi connectivity index (χ1n) is 7.39. The molecule has 0 aliphatic heterocycles. The molecule has 3 heterocycles. The van der Waals surface area contributed by atoms with Gasteiger partial charge in [0.25, 0.3) is 11.5 Å². The zero-order valence-electron chi connectivity index (χ0n) is 12.7. The molecule has 3 aromatic rings. The molecule has 9 heteroatoms. The molecule has 3 aromatic heterocycles. The molecular formula is C16H11FN4O3S. The summed E-state index contributed by atoms with van der Waals surface area (Å²) in [4.78, 5) is 33.7. The van der Waals surface area contributed by atoms with Crippen molar-refractivity contribution in [3.8, 4) is 5.75 Å². The predicted molar refractivity (Wildman–Crippen MR) is 90.6 cm³/mol. The van der Waals surface area contributed by atoms with E-state index in [-0.39, 0.29) is 22.8 Å². The van der Waals surface area contributed by atoms with Crippen LogP contribution in [0.3, 0.4) is 0 Å². The summed E-state index contributed by atoms with van der Waals surface area (Å²) in [7, 11) is 0. The number of amides is 1. The first-order chi connectivity index (χ1) is 12.0. The summed E-state index contributed by atoms with van der Waals surface area (Å²) < 4.78 is 14.4. The van der Waals surface area contributed by atoms with Crippen molar-refractivity contribution in [1.82, 2.24) is 14.4 Å². The van der Waals surface area contributed by atoms with Crippen LogP contribution in [0.1, 0.15) is 27.3 Å². The molecule has 0 saturated carbocycles. The number of hydrogen-bond acceptors (Lipinski definition) is 6. The van der Waals surface area contributed by atoms with Crippen LogP contribution in [0.15, 0.2) is 35.1 Å². The Labute approximate surface area is 144 Å². The van der Waals surface area contributed by atoms with Gasteiger partial charge in [-0.2, -0.15) is 0 Å². The van der Waals surface area contributed by atoms with Gasteiger partial charge in [0.2, 0.25) is 0 Å². The van der Waals surface area contributed by atoms with Gasteiger partial charge in [-0.05, 0) is 24.6 Å². The van der Waals surface area contributed by atoms with E-state index in [0.29, 0.717) is 22.9 Å². The molecular weight excluding hydrogens is 347 g/mol. The number of aromatic hydroxyl groups is 1. The van der Waals surface area contributed by atoms with E-state index in [0.717, 1.165) is 27.6 Å². The van der Waals surface area contributed by atoms with Gasteiger partial charge in [0.05, 0.1) is 10.6 Å². The molecule has 7 nitrogen and oxygen atoms in total. The van der Waals surface area contributed by atoms with Crippen molar-refractivity contribution in [2.75, 3.05) is 5.32 Å². The molecule has 2 N–H and O–H groups in total. The topological polar surface area (TPSA) is 96.6 Å². The fourth-order valence-corrected chi connectivity index (χ4v) is 3.53. The second kappa shape index (κ2) is 5.78. The highest BCUT2D eigenvalue weighted by atomic mass is 32.1. The van der Waals surface area contributed by atoms with Gasteiger partial charge in [0.15, 0.2) is 16.5 Å². The van der Waals surface area contributed by atoms with Crippen LogP contribution < -0.4 is 10.9 Å². The van der Waals surface area contributed by atoms with Gasteiger partial charge in [0.1, 0.15) is 11.4 Å². The molecule has 0 atom stereocenters. The number of aromatic nitrogens is 3. The van der Waals surface area contributed by atoms with E-state index >= 15 is 0 Å². The lowest BCUT2D eigenvalue weighted by molar-refractivity contribution is 0.102. The summed E-state index contributed by atoms with van der Waals surface area (Å²) in [6.07, 6.45) is 4.70. The standard InChI is InChI=1S/C16H11FN4O3S/c17-8-3-4-10-12(6-8)25-16(19-10)20-14(23)9-7-18-13-11(22)2-1-5-21(13)15(9)24/h1-2,5-7,22H,3-4H2,(H,19,20,23). The highest BCUT2D eigenvalue weighted by Crippen LogP contribution is 2.31. The third-order valence-corrected chi connectivity index (χ3v) is 4.75. The summed E-state index contributed by atoms with van der Waals surface area (Å²) in [5.74, 6) is -1.04. The maximum absolute atomic E-state index is 13.3. The molecule has 1 amide bonds. The average Bonchev–Trinajstić information content (AvgIpc) is 2.97. The minimum absolute atomic E-state index is 0.0642. The first kappa shape index (κ1) is 15.5. The van der Waals surface area contributed by atoms with Crippen LogP contribution in [0.2, 0.25) is 0 Å². The molecule has 0 radical (unpaired) electrons. The Morgan fingerprint density at radius 1 is 1.40 bits per heavy atom. The number of nitrogens with one attached hydrogen (secondary N) is 1. The van der Waals surface area contributed by atoms with Gasteiger partial charge >= 0.3 is 0 Å². The number of anilines is 1. The molecule has 4 rings (SSSR count). The molecule has 0 fully saturated rings. The minimum Gasteiger partial charge on any atom is -0.504 e. The monoisotopic (exact) mass is 358 g/mol. The van der Waals surface area contributed by atoms with Crippen LogP contribution in [0.5, 0.6) is 5.75 Å². The van der Waals surface area contributed by atoms with E-state index in [1.807, 2.05) is 0 Å². The number of aryl methyl sites for hydroxylation is 1. The Kier molecular flexibility index (Phi) is 3.57. The van der Waals surface area contributed by atoms with Gasteiger partial charge in [-0.15, -0.1) is 0 Å². The van der Waals surface area contributed by atoms with Crippen molar-refractivity contribution in [3.63, 3.8) is 0 Å². The average molecular weight is 358 g/mol. The second-order valence-electron chi connectivity index (χ2n) is 5.44. The SMILES string of the molecule is O=C(Nc1nc2c(s1)C=C(F)CC2)c1cnc2c(O)cccn2c1=O. The van der Waals surface area contributed by atoms with Crippen molar-refractivity contribution >= 4 is 34.1 Å². The number of allylic oxidation sites excluding steroid dienone is 1. The van der Waals surface area contributed by atoms with E-state index in [1.165, 1.54) is 24.4 Å². The largest absolute Gasteiger partial charge is 0.504 e. The lowest BCUT2D eigenvalue weighted by Crippen LogP contribution is -2.26. The number of carbonyl (C=O) groups excluding carboxylic acids is 1. The van der Waals surface area contributed by atoms with Gasteiger partial charge in [0, 0.05) is 18.8 Å². The fourth-order valence-electron chi connectivity index (χ4n) is 2.57. The van der Waals surface area contributed by atoms with Gasteiger partial charge in [-0.3, -0.25) is 19.3 Å². The fraction of sp³-hybridized carbons (Fsp3) is 0.125. The highest BCUT2D eigenvalue weighted by molar-refractivity contribution is 7.16. The van der Waals surface area contributed by atoms with Gasteiger partial charge < -0.3 is 5.11 Å². The second-order valence-corrected chi connectivity index (χ2v) is 6.47. The van der Waals surface area contributed by atoms with Crippen molar-refractivity contribution in [2.45, 2.75) is 12.8 Å². The third-order valence-electron chi connectivity index (χ3n) is 3.79. The number of carbonyl (C=O) groups is 1. The number of fused-ring (bicyclic) bond motifs is 2. The maximum Gasteiger partial charge on any atom is 0.270 e. The molecule has 1 aliphatic carbocycles. The highest BCUT2D eigenvalue weighted by Gasteiger charge is 2.19. The zero-order chi connectivity index (χ0) is 17.6. The van der Waals surface area contributed by atoms with Crippen molar-refractivity contribution in [1.29, 1.82) is 0 Å². The van der Waals surface area contributed by atoms with E-state index < -0.39 is 11.5 Å². The van der Waals surface area contributed by atoms with E-state index in [1.54, 1.807) is 0 Å². The molecule has 0 bridgehead atoms. The summed E-state index contributed by atoms with van der Waals surface area (Å²) in [6, 6.07) is 2.87. The normalized spacial score (nSPS) is 13.4. The van der Waals surface area contributed by atoms with Gasteiger partial charge in [-0.25, -0.2) is 14.4 Å². The number of halogens is 1. The Balaban J connectivity index is 1.67. The molecule has 25 heavy (non-hydrogen) atoms. The lowest BCUT2D eigenvalue weighted by atomic mass is 10.1. The smallest absolute Gasteiger partial charge is 0.270 e. The van der Waals surface area contributed by atoms with Crippen molar-refractivity contribution in [2.24, 2.45) is 0 Å². The number of rotatable bonds is 2. The van der Waals surface area contributed by atoms with Crippen LogP contribution in [0.4, 0.5) is 9.52 Å². The molecule has 1 aliphatic rings. The quantitative estimate of drug-likeness (QED) is 0.733. The molecule has 0 saturated heterocycles. The summed E-state index contributed by atoms with van der Waals surface area (Å²) in [5, 5.41) is 12.6. The summed E-state index contributed by atoms with van der Waals surface area (Å²) in [6.45, 7) is 0. The maximum atomic E-state index is 13.3. The Hall–Kier alpha value is -3.07. The Bertz CT molecular complexity index is 1100.